The Balaban J connectivity index is 3.74. The summed E-state index contributed by atoms with van der Waals surface area (Å²) in [4.78, 5) is 6.58. The summed E-state index contributed by atoms with van der Waals surface area (Å²) < 4.78 is 12.1. The van der Waals surface area contributed by atoms with Crippen LogP contribution in [0, 0.1) is 0 Å². The molecule has 2 radical (unpaired) electrons. The number of nitrogens with zero attached hydrogens (tertiary/aromatic N) is 2. The van der Waals surface area contributed by atoms with Crippen molar-refractivity contribution < 1.29 is 4.39 Å². The van der Waals surface area contributed by atoms with Gasteiger partial charge in [-0.05, 0) is 13.2 Å². The molecular weight excluding hydrogens is 118 g/mol. The maximum absolute atomic E-state index is 12.1. The van der Waals surface area contributed by atoms with Crippen molar-refractivity contribution in [1.29, 1.82) is 0 Å². The van der Waals surface area contributed by atoms with Gasteiger partial charge in [-0.1, -0.05) is 0 Å². The fraction of sp³-hybridized carbons (Fsp3) is 0.200. The number of rotatable bonds is 3. The number of aliphatic imine (C=N–C) groups is 2. The van der Waals surface area contributed by atoms with Gasteiger partial charge in [0.15, 0.2) is 5.83 Å². The average molecular weight is 124 g/mol. The van der Waals surface area contributed by atoms with Crippen molar-refractivity contribution in [3.63, 3.8) is 0 Å². The molecule has 0 heterocycles. The summed E-state index contributed by atoms with van der Waals surface area (Å²) in [7, 11) is 4.93. The van der Waals surface area contributed by atoms with Crippen molar-refractivity contribution in [1.82, 2.24) is 0 Å². The molecule has 46 valence electrons. The van der Waals surface area contributed by atoms with Gasteiger partial charge in [0.2, 0.25) is 0 Å². The monoisotopic (exact) mass is 124 g/mol. The minimum absolute atomic E-state index is 0.0817. The summed E-state index contributed by atoms with van der Waals surface area (Å²) in [6, 6.07) is 0. The van der Waals surface area contributed by atoms with E-state index in [0.29, 0.717) is 0 Å². The molecule has 0 N–H and O–H groups in total. The molecule has 0 aliphatic heterocycles. The summed E-state index contributed by atoms with van der Waals surface area (Å²) in [6.07, 6.45) is 2.03. The second kappa shape index (κ2) is 5.22. The molecule has 0 saturated heterocycles. The smallest absolute Gasteiger partial charge is 0.159 e. The molecule has 0 aromatic carbocycles. The Morgan fingerprint density at radius 2 is 2.44 bits per heavy atom. The number of allylic oxidation sites excluding steroid dienone is 1. The summed E-state index contributed by atoms with van der Waals surface area (Å²) in [6.45, 7) is 3.05. The van der Waals surface area contributed by atoms with Gasteiger partial charge in [-0.25, -0.2) is 4.39 Å². The molecule has 0 fully saturated rings. The predicted octanol–water partition coefficient (Wildman–Crippen LogP) is 0.695. The van der Waals surface area contributed by atoms with Crippen LogP contribution in [-0.4, -0.2) is 27.2 Å². The molecule has 0 unspecified atom stereocenters. The van der Waals surface area contributed by atoms with Gasteiger partial charge in [0.1, 0.15) is 0 Å². The third kappa shape index (κ3) is 4.94. The van der Waals surface area contributed by atoms with Gasteiger partial charge in [-0.3, -0.25) is 9.98 Å². The van der Waals surface area contributed by atoms with E-state index < -0.39 is 5.83 Å². The minimum Gasteiger partial charge on any atom is -0.300 e. The van der Waals surface area contributed by atoms with E-state index in [1.807, 2.05) is 0 Å². The number of halogens is 1. The highest BCUT2D eigenvalue weighted by Gasteiger charge is 1.81. The van der Waals surface area contributed by atoms with Crippen molar-refractivity contribution >= 4 is 20.8 Å². The molecule has 0 saturated carbocycles. The first kappa shape index (κ1) is 8.07. The van der Waals surface area contributed by atoms with Crippen LogP contribution in [0.15, 0.2) is 22.0 Å². The highest BCUT2D eigenvalue weighted by molar-refractivity contribution is 6.09. The van der Waals surface area contributed by atoms with Crippen LogP contribution in [-0.2, 0) is 0 Å². The minimum atomic E-state index is -0.546. The largest absolute Gasteiger partial charge is 0.300 e. The summed E-state index contributed by atoms with van der Waals surface area (Å²) >= 11 is 0. The summed E-state index contributed by atoms with van der Waals surface area (Å²) in [5.41, 5.74) is 0. The molecule has 0 amide bonds. The van der Waals surface area contributed by atoms with Crippen molar-refractivity contribution in [3.8, 4) is 0 Å². The quantitative estimate of drug-likeness (QED) is 0.390. The molecule has 0 aliphatic rings. The van der Waals surface area contributed by atoms with Crippen LogP contribution in [0.4, 0.5) is 4.39 Å². The van der Waals surface area contributed by atoms with E-state index in [9.17, 15) is 4.39 Å². The van der Waals surface area contributed by atoms with Gasteiger partial charge in [0.25, 0.3) is 0 Å². The Labute approximate surface area is 54.6 Å². The van der Waals surface area contributed by atoms with E-state index in [1.54, 1.807) is 0 Å². The van der Waals surface area contributed by atoms with Crippen molar-refractivity contribution in [2.24, 2.45) is 9.98 Å². The van der Waals surface area contributed by atoms with Crippen LogP contribution in [0.1, 0.15) is 0 Å². The molecule has 0 aromatic rings. The van der Waals surface area contributed by atoms with Gasteiger partial charge in [-0.2, -0.15) is 0 Å². The Bertz CT molecular complexity index is 142. The van der Waals surface area contributed by atoms with Crippen LogP contribution in [0.25, 0.3) is 0 Å². The number of hydrogen-bond acceptors (Lipinski definition) is 2. The van der Waals surface area contributed by atoms with Crippen molar-refractivity contribution in [2.75, 3.05) is 6.44 Å². The standard InChI is InChI=1S/C5H6BFN2/c1-8-2-5(7)3-9-4-6/h2-3H,1,4H2/b5-2+,9-3-. The van der Waals surface area contributed by atoms with E-state index in [-0.39, 0.29) is 6.44 Å². The molecular formula is C5H6BFN2. The normalized spacial score (nSPS) is 12.3. The first-order chi connectivity index (χ1) is 4.31. The topological polar surface area (TPSA) is 24.7 Å². The lowest BCUT2D eigenvalue weighted by Crippen LogP contribution is -1.79. The Morgan fingerprint density at radius 1 is 1.78 bits per heavy atom. The second-order valence-electron chi connectivity index (χ2n) is 1.19. The maximum Gasteiger partial charge on any atom is 0.159 e. The van der Waals surface area contributed by atoms with Crippen molar-refractivity contribution in [3.05, 3.63) is 12.0 Å². The first-order valence-corrected chi connectivity index (χ1v) is 2.32. The molecule has 0 aliphatic carbocycles. The molecule has 0 rings (SSSR count). The van der Waals surface area contributed by atoms with E-state index in [2.05, 4.69) is 16.7 Å². The van der Waals surface area contributed by atoms with Gasteiger partial charge in [0.05, 0.1) is 20.3 Å². The third-order valence-electron chi connectivity index (χ3n) is 0.535. The molecule has 0 atom stereocenters. The lowest BCUT2D eigenvalue weighted by atomic mass is 10.2. The average Bonchev–Trinajstić information content (AvgIpc) is 1.85. The molecule has 2 nitrogen and oxygen atoms in total. The Hall–Kier alpha value is -0.925. The lowest BCUT2D eigenvalue weighted by molar-refractivity contribution is 0.683. The molecule has 4 heteroatoms. The SMILES string of the molecule is [B]C/N=C\C(F)=C/N=C. The predicted molar refractivity (Wildman–Crippen MR) is 37.9 cm³/mol. The fourth-order valence-electron chi connectivity index (χ4n) is 0.260. The zero-order chi connectivity index (χ0) is 7.11. The maximum atomic E-state index is 12.1. The summed E-state index contributed by atoms with van der Waals surface area (Å²) in [5, 5.41) is 0. The summed E-state index contributed by atoms with van der Waals surface area (Å²) in [5.74, 6) is -0.546. The molecule has 0 spiro atoms. The van der Waals surface area contributed by atoms with Gasteiger partial charge in [-0.15, -0.1) is 0 Å². The lowest BCUT2D eigenvalue weighted by Gasteiger charge is -1.80. The fourth-order valence-corrected chi connectivity index (χ4v) is 0.260. The third-order valence-corrected chi connectivity index (χ3v) is 0.535. The van der Waals surface area contributed by atoms with Gasteiger partial charge >= 0.3 is 0 Å². The van der Waals surface area contributed by atoms with Crippen LogP contribution in [0.3, 0.4) is 0 Å². The van der Waals surface area contributed by atoms with E-state index in [1.165, 1.54) is 0 Å². The van der Waals surface area contributed by atoms with Crippen LogP contribution >= 0.6 is 0 Å². The highest BCUT2D eigenvalue weighted by atomic mass is 19.1. The van der Waals surface area contributed by atoms with E-state index in [0.717, 1.165) is 12.4 Å². The van der Waals surface area contributed by atoms with Crippen LogP contribution < -0.4 is 0 Å². The second-order valence-corrected chi connectivity index (χ2v) is 1.19. The Morgan fingerprint density at radius 3 is 2.89 bits per heavy atom. The van der Waals surface area contributed by atoms with Gasteiger partial charge < -0.3 is 0 Å². The molecule has 0 aromatic heterocycles. The Kier molecular flexibility index (Phi) is 4.68. The zero-order valence-electron chi connectivity index (χ0n) is 4.92. The first-order valence-electron chi connectivity index (χ1n) is 2.32. The zero-order valence-corrected chi connectivity index (χ0v) is 4.92. The van der Waals surface area contributed by atoms with Gasteiger partial charge in [0, 0.05) is 0 Å². The van der Waals surface area contributed by atoms with E-state index >= 15 is 0 Å². The van der Waals surface area contributed by atoms with Crippen LogP contribution in [0.5, 0.6) is 0 Å². The molecule has 0 bridgehead atoms. The van der Waals surface area contributed by atoms with Crippen molar-refractivity contribution in [2.45, 2.75) is 0 Å². The van der Waals surface area contributed by atoms with Crippen LogP contribution in [0.2, 0.25) is 0 Å². The highest BCUT2D eigenvalue weighted by Crippen LogP contribution is 1.89. The molecule has 9 heavy (non-hydrogen) atoms. The van der Waals surface area contributed by atoms with E-state index in [4.69, 9.17) is 7.85 Å². The number of hydrogen-bond donors (Lipinski definition) is 0.